The van der Waals surface area contributed by atoms with Gasteiger partial charge in [0.15, 0.2) is 0 Å². The van der Waals surface area contributed by atoms with Crippen LogP contribution in [0, 0.1) is 13.8 Å². The molecular formula is C21H23ClN2O3. The van der Waals surface area contributed by atoms with Crippen LogP contribution in [-0.2, 0) is 16.0 Å². The number of aryl methyl sites for hydroxylation is 2. The van der Waals surface area contributed by atoms with Gasteiger partial charge in [-0.1, -0.05) is 23.7 Å². The van der Waals surface area contributed by atoms with Gasteiger partial charge in [-0.3, -0.25) is 9.59 Å². The summed E-state index contributed by atoms with van der Waals surface area (Å²) >= 11 is 6.20. The van der Waals surface area contributed by atoms with Crippen molar-refractivity contribution in [3.63, 3.8) is 0 Å². The van der Waals surface area contributed by atoms with Gasteiger partial charge in [0.2, 0.25) is 11.8 Å². The van der Waals surface area contributed by atoms with E-state index in [0.29, 0.717) is 29.3 Å². The second kappa shape index (κ2) is 8.01. The smallest absolute Gasteiger partial charge is 0.249 e. The number of carbonyl (C=O) groups excluding carboxylic acids is 2. The molecule has 2 aromatic rings. The number of ether oxygens (including phenoxy) is 1. The van der Waals surface area contributed by atoms with Crippen molar-refractivity contribution >= 4 is 29.1 Å². The SMILES string of the molecule is COc1ccc(CC(=O)N[C@@H]2CCN(c3cc(C)cc(C)c3)C2=O)c(Cl)c1. The molecule has 0 bridgehead atoms. The molecule has 1 fully saturated rings. The summed E-state index contributed by atoms with van der Waals surface area (Å²) < 4.78 is 5.11. The van der Waals surface area contributed by atoms with Crippen molar-refractivity contribution in [2.45, 2.75) is 32.7 Å². The number of rotatable bonds is 5. The van der Waals surface area contributed by atoms with Crippen molar-refractivity contribution in [2.75, 3.05) is 18.6 Å². The number of nitrogens with one attached hydrogen (secondary N) is 1. The highest BCUT2D eigenvalue weighted by atomic mass is 35.5. The van der Waals surface area contributed by atoms with Crippen molar-refractivity contribution in [2.24, 2.45) is 0 Å². The van der Waals surface area contributed by atoms with Crippen molar-refractivity contribution < 1.29 is 14.3 Å². The fraction of sp³-hybridized carbons (Fsp3) is 0.333. The topological polar surface area (TPSA) is 58.6 Å². The Labute approximate surface area is 164 Å². The Morgan fingerprint density at radius 3 is 2.56 bits per heavy atom. The molecule has 3 rings (SSSR count). The molecule has 0 aromatic heterocycles. The minimum Gasteiger partial charge on any atom is -0.497 e. The first kappa shape index (κ1) is 19.2. The lowest BCUT2D eigenvalue weighted by molar-refractivity contribution is -0.126. The summed E-state index contributed by atoms with van der Waals surface area (Å²) in [6.45, 7) is 4.61. The van der Waals surface area contributed by atoms with Crippen molar-refractivity contribution in [1.29, 1.82) is 0 Å². The molecule has 0 aliphatic carbocycles. The Morgan fingerprint density at radius 1 is 1.22 bits per heavy atom. The van der Waals surface area contributed by atoms with Crippen LogP contribution in [0.15, 0.2) is 36.4 Å². The first-order chi connectivity index (χ1) is 12.9. The zero-order valence-corrected chi connectivity index (χ0v) is 16.5. The van der Waals surface area contributed by atoms with Crippen LogP contribution >= 0.6 is 11.6 Å². The Bertz CT molecular complexity index is 861. The van der Waals surface area contributed by atoms with Gasteiger partial charge < -0.3 is 15.0 Å². The Morgan fingerprint density at radius 2 is 1.93 bits per heavy atom. The minimum absolute atomic E-state index is 0.0748. The van der Waals surface area contributed by atoms with E-state index in [2.05, 4.69) is 11.4 Å². The number of methoxy groups -OCH3 is 1. The zero-order chi connectivity index (χ0) is 19.6. The van der Waals surface area contributed by atoms with Crippen LogP contribution in [0.1, 0.15) is 23.1 Å². The quantitative estimate of drug-likeness (QED) is 0.856. The van der Waals surface area contributed by atoms with Crippen LogP contribution in [0.4, 0.5) is 5.69 Å². The number of hydrogen-bond acceptors (Lipinski definition) is 3. The normalized spacial score (nSPS) is 16.5. The second-order valence-corrected chi connectivity index (χ2v) is 7.29. The first-order valence-electron chi connectivity index (χ1n) is 8.89. The maximum Gasteiger partial charge on any atom is 0.249 e. The van der Waals surface area contributed by atoms with Crippen LogP contribution in [0.2, 0.25) is 5.02 Å². The number of halogens is 1. The molecule has 2 amide bonds. The fourth-order valence-corrected chi connectivity index (χ4v) is 3.63. The minimum atomic E-state index is -0.504. The molecule has 1 N–H and O–H groups in total. The van der Waals surface area contributed by atoms with Gasteiger partial charge in [-0.25, -0.2) is 0 Å². The third-order valence-electron chi connectivity index (χ3n) is 4.67. The van der Waals surface area contributed by atoms with E-state index in [1.807, 2.05) is 26.0 Å². The van der Waals surface area contributed by atoms with Crippen LogP contribution < -0.4 is 15.0 Å². The first-order valence-corrected chi connectivity index (χ1v) is 9.26. The van der Waals surface area contributed by atoms with Gasteiger partial charge in [0, 0.05) is 17.3 Å². The predicted molar refractivity (Wildman–Crippen MR) is 107 cm³/mol. The molecule has 0 unspecified atom stereocenters. The lowest BCUT2D eigenvalue weighted by Gasteiger charge is -2.18. The largest absolute Gasteiger partial charge is 0.497 e. The van der Waals surface area contributed by atoms with Gasteiger partial charge in [-0.05, 0) is 61.2 Å². The molecule has 5 nitrogen and oxygen atoms in total. The van der Waals surface area contributed by atoms with Gasteiger partial charge in [0.25, 0.3) is 0 Å². The molecule has 1 atom stereocenters. The number of anilines is 1. The summed E-state index contributed by atoms with van der Waals surface area (Å²) in [5, 5.41) is 3.31. The van der Waals surface area contributed by atoms with E-state index in [0.717, 1.165) is 16.8 Å². The van der Waals surface area contributed by atoms with E-state index in [4.69, 9.17) is 16.3 Å². The highest BCUT2D eigenvalue weighted by molar-refractivity contribution is 6.31. The molecule has 1 aliphatic heterocycles. The maximum absolute atomic E-state index is 12.7. The number of nitrogens with zero attached hydrogens (tertiary/aromatic N) is 1. The number of carbonyl (C=O) groups is 2. The predicted octanol–water partition coefficient (Wildman–Crippen LogP) is 3.43. The van der Waals surface area contributed by atoms with E-state index < -0.39 is 6.04 Å². The van der Waals surface area contributed by atoms with Crippen LogP contribution in [0.3, 0.4) is 0 Å². The molecular weight excluding hydrogens is 364 g/mol. The van der Waals surface area contributed by atoms with E-state index in [1.165, 1.54) is 0 Å². The monoisotopic (exact) mass is 386 g/mol. The summed E-state index contributed by atoms with van der Waals surface area (Å²) in [5.41, 5.74) is 3.80. The van der Waals surface area contributed by atoms with E-state index in [1.54, 1.807) is 30.2 Å². The fourth-order valence-electron chi connectivity index (χ4n) is 3.39. The molecule has 27 heavy (non-hydrogen) atoms. The van der Waals surface area contributed by atoms with Crippen molar-refractivity contribution in [3.05, 3.63) is 58.1 Å². The summed E-state index contributed by atoms with van der Waals surface area (Å²) in [6.07, 6.45) is 0.712. The molecule has 1 saturated heterocycles. The highest BCUT2D eigenvalue weighted by Crippen LogP contribution is 2.25. The van der Waals surface area contributed by atoms with Gasteiger partial charge in [0.1, 0.15) is 11.8 Å². The van der Waals surface area contributed by atoms with Crippen LogP contribution in [0.25, 0.3) is 0 Å². The number of hydrogen-bond donors (Lipinski definition) is 1. The Kier molecular flexibility index (Phi) is 5.71. The summed E-state index contributed by atoms with van der Waals surface area (Å²) in [7, 11) is 1.56. The molecule has 1 heterocycles. The maximum atomic E-state index is 12.7. The Hall–Kier alpha value is -2.53. The zero-order valence-electron chi connectivity index (χ0n) is 15.7. The number of benzene rings is 2. The molecule has 2 aromatic carbocycles. The highest BCUT2D eigenvalue weighted by Gasteiger charge is 2.33. The van der Waals surface area contributed by atoms with Gasteiger partial charge in [-0.2, -0.15) is 0 Å². The summed E-state index contributed by atoms with van der Waals surface area (Å²) in [4.78, 5) is 26.9. The lowest BCUT2D eigenvalue weighted by Crippen LogP contribution is -2.42. The number of amides is 2. The molecule has 6 heteroatoms. The molecule has 1 aliphatic rings. The average molecular weight is 387 g/mol. The van der Waals surface area contributed by atoms with Crippen molar-refractivity contribution in [3.8, 4) is 5.75 Å². The van der Waals surface area contributed by atoms with Crippen LogP contribution in [0.5, 0.6) is 5.75 Å². The standard InChI is InChI=1S/C21H23ClN2O3/c1-13-8-14(2)10-16(9-13)24-7-6-19(21(24)26)23-20(25)11-15-4-5-17(27-3)12-18(15)22/h4-5,8-10,12,19H,6-7,11H2,1-3H3,(H,23,25)/t19-/m1/s1. The molecule has 0 spiro atoms. The van der Waals surface area contributed by atoms with E-state index in [-0.39, 0.29) is 18.2 Å². The third-order valence-corrected chi connectivity index (χ3v) is 5.02. The summed E-state index contributed by atoms with van der Waals surface area (Å²) in [5.74, 6) is 0.344. The average Bonchev–Trinajstić information content (AvgIpc) is 2.96. The van der Waals surface area contributed by atoms with Crippen LogP contribution in [-0.4, -0.2) is 31.5 Å². The molecule has 0 radical (unpaired) electrons. The second-order valence-electron chi connectivity index (χ2n) is 6.88. The van der Waals surface area contributed by atoms with Gasteiger partial charge >= 0.3 is 0 Å². The molecule has 0 saturated carbocycles. The Balaban J connectivity index is 1.64. The van der Waals surface area contributed by atoms with E-state index in [9.17, 15) is 9.59 Å². The van der Waals surface area contributed by atoms with Gasteiger partial charge in [0.05, 0.1) is 13.5 Å². The lowest BCUT2D eigenvalue weighted by atomic mass is 10.1. The third kappa shape index (κ3) is 4.42. The summed E-state index contributed by atoms with van der Waals surface area (Å²) in [6, 6.07) is 10.7. The van der Waals surface area contributed by atoms with E-state index >= 15 is 0 Å². The van der Waals surface area contributed by atoms with Crippen molar-refractivity contribution in [1.82, 2.24) is 5.32 Å². The molecule has 142 valence electrons. The van der Waals surface area contributed by atoms with Gasteiger partial charge in [-0.15, -0.1) is 0 Å².